The number of anilines is 1. The maximum Gasteiger partial charge on any atom is 0.243 e. The second-order valence-corrected chi connectivity index (χ2v) is 7.31. The number of hydrogen-bond donors (Lipinski definition) is 2. The summed E-state index contributed by atoms with van der Waals surface area (Å²) < 4.78 is 53.9. The Balaban J connectivity index is 1.89. The van der Waals surface area contributed by atoms with E-state index in [2.05, 4.69) is 4.72 Å². The van der Waals surface area contributed by atoms with Gasteiger partial charge in [0, 0.05) is 12.1 Å². The highest BCUT2D eigenvalue weighted by molar-refractivity contribution is 7.89. The fraction of sp³-hybridized carbons (Fsp3) is 0.538. The van der Waals surface area contributed by atoms with Crippen LogP contribution in [0.4, 0.5) is 14.5 Å². The second-order valence-electron chi connectivity index (χ2n) is 5.63. The molecule has 20 heavy (non-hydrogen) atoms. The first kappa shape index (κ1) is 13.8. The summed E-state index contributed by atoms with van der Waals surface area (Å²) in [6.45, 7) is 0. The lowest BCUT2D eigenvalue weighted by atomic mass is 10.1. The molecule has 2 aliphatic carbocycles. The number of nitrogen functional groups attached to an aromatic ring is 1. The summed E-state index contributed by atoms with van der Waals surface area (Å²) in [7, 11) is -4.01. The third kappa shape index (κ3) is 2.64. The lowest BCUT2D eigenvalue weighted by molar-refractivity contribution is 0.467. The molecule has 0 unspecified atom stereocenters. The van der Waals surface area contributed by atoms with Gasteiger partial charge in [-0.3, -0.25) is 0 Å². The van der Waals surface area contributed by atoms with Crippen molar-refractivity contribution in [3.63, 3.8) is 0 Å². The van der Waals surface area contributed by atoms with Crippen molar-refractivity contribution in [2.45, 2.75) is 36.6 Å². The molecule has 2 fully saturated rings. The topological polar surface area (TPSA) is 72.2 Å². The van der Waals surface area contributed by atoms with Crippen LogP contribution in [0.1, 0.15) is 25.7 Å². The van der Waals surface area contributed by atoms with Crippen LogP contribution >= 0.6 is 0 Å². The van der Waals surface area contributed by atoms with Crippen molar-refractivity contribution >= 4 is 15.7 Å². The molecule has 2 aliphatic rings. The Morgan fingerprint density at radius 1 is 1.10 bits per heavy atom. The number of halogens is 2. The zero-order valence-electron chi connectivity index (χ0n) is 10.8. The van der Waals surface area contributed by atoms with E-state index in [9.17, 15) is 17.2 Å². The highest BCUT2D eigenvalue weighted by atomic mass is 32.2. The lowest BCUT2D eigenvalue weighted by Gasteiger charge is -2.18. The van der Waals surface area contributed by atoms with E-state index < -0.39 is 26.6 Å². The smallest absolute Gasteiger partial charge is 0.243 e. The fourth-order valence-electron chi connectivity index (χ4n) is 2.48. The molecule has 0 spiro atoms. The number of hydrogen-bond acceptors (Lipinski definition) is 3. The van der Waals surface area contributed by atoms with Crippen molar-refractivity contribution in [3.05, 3.63) is 23.8 Å². The zero-order chi connectivity index (χ0) is 14.5. The van der Waals surface area contributed by atoms with Gasteiger partial charge in [-0.15, -0.1) is 0 Å². The molecule has 1 aromatic rings. The number of rotatable bonds is 5. The van der Waals surface area contributed by atoms with Crippen LogP contribution in [0.5, 0.6) is 0 Å². The van der Waals surface area contributed by atoms with E-state index in [1.807, 2.05) is 0 Å². The molecular formula is C13H16F2N2O2S. The lowest BCUT2D eigenvalue weighted by Crippen LogP contribution is -2.38. The van der Waals surface area contributed by atoms with Crippen LogP contribution in [0.15, 0.2) is 17.0 Å². The van der Waals surface area contributed by atoms with E-state index in [4.69, 9.17) is 5.73 Å². The van der Waals surface area contributed by atoms with Crippen molar-refractivity contribution in [1.82, 2.24) is 4.72 Å². The summed E-state index contributed by atoms with van der Waals surface area (Å²) in [5, 5.41) is 0. The molecule has 0 bridgehead atoms. The van der Waals surface area contributed by atoms with E-state index in [0.717, 1.165) is 31.7 Å². The number of benzene rings is 1. The van der Waals surface area contributed by atoms with E-state index in [1.54, 1.807) is 0 Å². The molecule has 0 saturated heterocycles. The Bertz CT molecular complexity index is 628. The monoisotopic (exact) mass is 302 g/mol. The van der Waals surface area contributed by atoms with Crippen molar-refractivity contribution in [1.29, 1.82) is 0 Å². The highest BCUT2D eigenvalue weighted by Crippen LogP contribution is 2.45. The predicted molar refractivity (Wildman–Crippen MR) is 70.3 cm³/mol. The van der Waals surface area contributed by atoms with Gasteiger partial charge >= 0.3 is 0 Å². The Kier molecular flexibility index (Phi) is 3.21. The van der Waals surface area contributed by atoms with Crippen molar-refractivity contribution in [2.75, 3.05) is 5.73 Å². The Labute approximate surface area is 116 Å². The van der Waals surface area contributed by atoms with Crippen LogP contribution < -0.4 is 10.5 Å². The van der Waals surface area contributed by atoms with Crippen LogP contribution in [0.3, 0.4) is 0 Å². The van der Waals surface area contributed by atoms with Gasteiger partial charge in [0.25, 0.3) is 0 Å². The van der Waals surface area contributed by atoms with Gasteiger partial charge in [0.05, 0.1) is 5.69 Å². The van der Waals surface area contributed by atoms with Crippen molar-refractivity contribution in [3.8, 4) is 0 Å². The maximum atomic E-state index is 13.7. The molecule has 0 amide bonds. The summed E-state index contributed by atoms with van der Waals surface area (Å²) in [4.78, 5) is -0.581. The molecular weight excluding hydrogens is 286 g/mol. The van der Waals surface area contributed by atoms with Gasteiger partial charge in [-0.2, -0.15) is 0 Å². The summed E-state index contributed by atoms with van der Waals surface area (Å²) in [5.41, 5.74) is 4.95. The minimum atomic E-state index is -4.01. The Hall–Kier alpha value is -1.21. The van der Waals surface area contributed by atoms with Gasteiger partial charge in [-0.05, 0) is 43.6 Å². The molecule has 0 aliphatic heterocycles. The zero-order valence-corrected chi connectivity index (χ0v) is 11.6. The summed E-state index contributed by atoms with van der Waals surface area (Å²) >= 11 is 0. The molecule has 4 nitrogen and oxygen atoms in total. The average molecular weight is 302 g/mol. The van der Waals surface area contributed by atoms with Gasteiger partial charge in [0.2, 0.25) is 10.0 Å². The minimum Gasteiger partial charge on any atom is -0.396 e. The third-order valence-electron chi connectivity index (χ3n) is 3.89. The van der Waals surface area contributed by atoms with Gasteiger partial charge in [0.1, 0.15) is 16.5 Å². The predicted octanol–water partition coefficient (Wildman–Crippen LogP) is 2.01. The third-order valence-corrected chi connectivity index (χ3v) is 5.37. The molecule has 3 N–H and O–H groups in total. The molecule has 0 heterocycles. The molecule has 0 atom stereocenters. The van der Waals surface area contributed by atoms with E-state index in [-0.39, 0.29) is 11.7 Å². The van der Waals surface area contributed by atoms with Crippen molar-refractivity contribution < 1.29 is 17.2 Å². The molecule has 1 aromatic carbocycles. The van der Waals surface area contributed by atoms with Crippen LogP contribution in [0.25, 0.3) is 0 Å². The van der Waals surface area contributed by atoms with Gasteiger partial charge < -0.3 is 5.73 Å². The normalized spacial score (nSPS) is 19.6. The highest BCUT2D eigenvalue weighted by Gasteiger charge is 2.43. The van der Waals surface area contributed by atoms with Crippen LogP contribution in [0, 0.1) is 23.5 Å². The Morgan fingerprint density at radius 3 is 2.15 bits per heavy atom. The number of sulfonamides is 1. The molecule has 110 valence electrons. The minimum absolute atomic E-state index is 0.134. The van der Waals surface area contributed by atoms with Crippen molar-refractivity contribution in [2.24, 2.45) is 11.8 Å². The van der Waals surface area contributed by atoms with Crippen LogP contribution in [0.2, 0.25) is 0 Å². The summed E-state index contributed by atoms with van der Waals surface area (Å²) in [5.74, 6) is -1.38. The van der Waals surface area contributed by atoms with E-state index >= 15 is 0 Å². The maximum absolute atomic E-state index is 13.7. The quantitative estimate of drug-likeness (QED) is 0.817. The standard InChI is InChI=1S/C13H16F2N2O2S/c14-9-5-10(15)12(6-11(9)16)20(18,19)17-13(7-1-2-7)8-3-4-8/h5-8,13,17H,1-4,16H2. The largest absolute Gasteiger partial charge is 0.396 e. The molecule has 0 radical (unpaired) electrons. The molecule has 7 heteroatoms. The van der Waals surface area contributed by atoms with Gasteiger partial charge in [-0.25, -0.2) is 21.9 Å². The van der Waals surface area contributed by atoms with Crippen LogP contribution in [-0.2, 0) is 10.0 Å². The first-order chi connectivity index (χ1) is 9.38. The summed E-state index contributed by atoms with van der Waals surface area (Å²) in [6, 6.07) is 1.21. The second kappa shape index (κ2) is 4.66. The number of nitrogens with one attached hydrogen (secondary N) is 1. The van der Waals surface area contributed by atoms with E-state index in [1.165, 1.54) is 0 Å². The van der Waals surface area contributed by atoms with E-state index in [0.29, 0.717) is 17.9 Å². The average Bonchev–Trinajstić information content (AvgIpc) is 3.24. The molecule has 0 aromatic heterocycles. The van der Waals surface area contributed by atoms with Crippen LogP contribution in [-0.4, -0.2) is 14.5 Å². The first-order valence-corrected chi connectivity index (χ1v) is 8.13. The van der Waals surface area contributed by atoms with Gasteiger partial charge in [-0.1, -0.05) is 0 Å². The number of nitrogens with two attached hydrogens (primary N) is 1. The fourth-order valence-corrected chi connectivity index (χ4v) is 3.95. The Morgan fingerprint density at radius 2 is 1.65 bits per heavy atom. The molecule has 3 rings (SSSR count). The van der Waals surface area contributed by atoms with Gasteiger partial charge in [0.15, 0.2) is 0 Å². The summed E-state index contributed by atoms with van der Waals surface area (Å²) in [6.07, 6.45) is 3.99. The molecule has 2 saturated carbocycles. The first-order valence-electron chi connectivity index (χ1n) is 6.65. The SMILES string of the molecule is Nc1cc(S(=O)(=O)NC(C2CC2)C2CC2)c(F)cc1F.